The van der Waals surface area contributed by atoms with Gasteiger partial charge in [0.2, 0.25) is 11.8 Å². The average Bonchev–Trinajstić information content (AvgIpc) is 3.66. The van der Waals surface area contributed by atoms with Gasteiger partial charge in [-0.2, -0.15) is 15.2 Å². The van der Waals surface area contributed by atoms with Crippen molar-refractivity contribution >= 4 is 40.0 Å². The van der Waals surface area contributed by atoms with E-state index in [1.807, 2.05) is 24.3 Å². The lowest BCUT2D eigenvalue weighted by Crippen LogP contribution is -2.37. The predicted molar refractivity (Wildman–Crippen MR) is 141 cm³/mol. The molecule has 0 bridgehead atoms. The summed E-state index contributed by atoms with van der Waals surface area (Å²) in [5, 5.41) is 37.2. The number of aliphatic hydroxyl groups excluding tert-OH is 1. The summed E-state index contributed by atoms with van der Waals surface area (Å²) in [5.41, 5.74) is 3.52. The van der Waals surface area contributed by atoms with Crippen molar-refractivity contribution in [3.8, 4) is 11.4 Å². The topological polar surface area (TPSA) is 169 Å². The smallest absolute Gasteiger partial charge is 0.347 e. The highest BCUT2D eigenvalue weighted by atomic mass is 32.1. The van der Waals surface area contributed by atoms with E-state index in [0.29, 0.717) is 55.1 Å². The Morgan fingerprint density at radius 3 is 2.58 bits per heavy atom. The summed E-state index contributed by atoms with van der Waals surface area (Å²) in [4.78, 5) is 30.2. The fraction of sp³-hybridized carbons (Fsp3) is 0.375. The molecule has 0 unspecified atom stereocenters. The molecule has 6 rings (SSSR count). The number of piperidine rings is 1. The van der Waals surface area contributed by atoms with Gasteiger partial charge in [-0.25, -0.2) is 9.78 Å². The molecule has 0 saturated carbocycles. The number of fused-ring (bicyclic) bond motifs is 1. The molecule has 5 heterocycles. The maximum Gasteiger partial charge on any atom is 0.347 e. The van der Waals surface area contributed by atoms with E-state index in [4.69, 9.17) is 9.97 Å². The molecular weight excluding hydrogens is 508 g/mol. The molecule has 1 aromatic carbocycles. The van der Waals surface area contributed by atoms with Gasteiger partial charge < -0.3 is 20.0 Å². The zero-order valence-corrected chi connectivity index (χ0v) is 21.4. The molecule has 196 valence electrons. The Morgan fingerprint density at radius 2 is 1.89 bits per heavy atom. The van der Waals surface area contributed by atoms with Gasteiger partial charge in [-0.15, -0.1) is 10.2 Å². The fourth-order valence-corrected chi connectivity index (χ4v) is 5.65. The summed E-state index contributed by atoms with van der Waals surface area (Å²) in [7, 11) is 0. The minimum Gasteiger partial charge on any atom is -0.477 e. The van der Waals surface area contributed by atoms with Crippen molar-refractivity contribution in [1.82, 2.24) is 35.6 Å². The van der Waals surface area contributed by atoms with E-state index in [1.165, 1.54) is 0 Å². The third-order valence-corrected chi connectivity index (χ3v) is 7.86. The van der Waals surface area contributed by atoms with Crippen LogP contribution >= 0.6 is 11.3 Å². The van der Waals surface area contributed by atoms with Crippen molar-refractivity contribution in [1.29, 1.82) is 0 Å². The molecule has 0 aliphatic carbocycles. The van der Waals surface area contributed by atoms with Crippen molar-refractivity contribution in [2.45, 2.75) is 38.8 Å². The number of H-pyrrole nitrogens is 1. The molecular formula is C24H26N10O3S. The number of benzene rings is 1. The van der Waals surface area contributed by atoms with Crippen LogP contribution < -0.4 is 15.1 Å². The molecule has 14 heteroatoms. The Kier molecular flexibility index (Phi) is 6.33. The highest BCUT2D eigenvalue weighted by Crippen LogP contribution is 2.37. The standard InChI is InChI=1S/C24H26N10O3S/c1-13-18(22(36)37)38-24(25-13)28-23-26-20(33-9-6-16(35)7-10-33)17-8-11-34(21(17)27-23)12-14-2-4-15(5-3-14)19-29-31-32-30-19/h2-5,16,35H,6-12H2,1H3,(H,36,37)(H,25,26,27,28)(H,29,30,31,32). The monoisotopic (exact) mass is 534 g/mol. The largest absolute Gasteiger partial charge is 0.477 e. The number of rotatable bonds is 7. The van der Waals surface area contributed by atoms with Gasteiger partial charge in [-0.1, -0.05) is 35.6 Å². The quantitative estimate of drug-likeness (QED) is 0.273. The molecule has 0 atom stereocenters. The summed E-state index contributed by atoms with van der Waals surface area (Å²) in [6.45, 7) is 4.55. The molecule has 38 heavy (non-hydrogen) atoms. The SMILES string of the molecule is Cc1nc(Nc2nc(N3CCC(O)CC3)c3c(n2)N(Cc2ccc(-c4nn[nH]n4)cc2)CC3)sc1C(=O)O. The fourth-order valence-electron chi connectivity index (χ4n) is 4.86. The summed E-state index contributed by atoms with van der Waals surface area (Å²) in [6.07, 6.45) is 1.89. The average molecular weight is 535 g/mol. The molecule has 2 aliphatic rings. The molecule has 1 saturated heterocycles. The van der Waals surface area contributed by atoms with E-state index in [0.717, 1.165) is 52.6 Å². The van der Waals surface area contributed by atoms with Crippen molar-refractivity contribution in [3.05, 3.63) is 46.0 Å². The zero-order chi connectivity index (χ0) is 26.2. The van der Waals surface area contributed by atoms with Crippen LogP contribution in [0.1, 0.15) is 39.3 Å². The summed E-state index contributed by atoms with van der Waals surface area (Å²) >= 11 is 1.06. The number of anilines is 4. The summed E-state index contributed by atoms with van der Waals surface area (Å²) in [6, 6.07) is 8.03. The van der Waals surface area contributed by atoms with E-state index in [-0.39, 0.29) is 11.0 Å². The van der Waals surface area contributed by atoms with Gasteiger partial charge in [0.15, 0.2) is 5.13 Å². The van der Waals surface area contributed by atoms with Crippen molar-refractivity contribution in [2.75, 3.05) is 34.8 Å². The van der Waals surface area contributed by atoms with Crippen LogP contribution in [0.15, 0.2) is 24.3 Å². The van der Waals surface area contributed by atoms with Gasteiger partial charge in [-0.05, 0) is 37.0 Å². The minimum atomic E-state index is -1.01. The highest BCUT2D eigenvalue weighted by molar-refractivity contribution is 7.17. The van der Waals surface area contributed by atoms with Gasteiger partial charge in [0, 0.05) is 37.3 Å². The van der Waals surface area contributed by atoms with Crippen LogP contribution in [0.25, 0.3) is 11.4 Å². The number of aryl methyl sites for hydroxylation is 1. The van der Waals surface area contributed by atoms with Crippen LogP contribution in [0.2, 0.25) is 0 Å². The lowest BCUT2D eigenvalue weighted by Gasteiger charge is -2.32. The number of nitrogens with one attached hydrogen (secondary N) is 2. The minimum absolute atomic E-state index is 0.185. The number of hydrogen-bond donors (Lipinski definition) is 4. The Bertz CT molecular complexity index is 1450. The number of carboxylic acids is 1. The molecule has 0 radical (unpaired) electrons. The van der Waals surface area contributed by atoms with Crippen molar-refractivity contribution < 1.29 is 15.0 Å². The van der Waals surface area contributed by atoms with Gasteiger partial charge in [-0.3, -0.25) is 5.32 Å². The highest BCUT2D eigenvalue weighted by Gasteiger charge is 2.30. The first kappa shape index (κ1) is 24.2. The van der Waals surface area contributed by atoms with Gasteiger partial charge in [0.25, 0.3) is 0 Å². The maximum atomic E-state index is 11.5. The normalized spacial score (nSPS) is 15.6. The Balaban J connectivity index is 1.30. The molecule has 13 nitrogen and oxygen atoms in total. The number of hydrogen-bond acceptors (Lipinski definition) is 12. The molecule has 2 aliphatic heterocycles. The molecule has 1 fully saturated rings. The lowest BCUT2D eigenvalue weighted by molar-refractivity contribution is 0.0701. The number of aromatic carboxylic acids is 1. The van der Waals surface area contributed by atoms with E-state index in [2.05, 4.69) is 40.7 Å². The van der Waals surface area contributed by atoms with Crippen molar-refractivity contribution in [2.24, 2.45) is 0 Å². The van der Waals surface area contributed by atoms with Gasteiger partial charge in [0.1, 0.15) is 16.5 Å². The van der Waals surface area contributed by atoms with Crippen LogP contribution in [0, 0.1) is 6.92 Å². The number of thiazole rings is 1. The Labute approximate surface area is 221 Å². The number of aromatic amines is 1. The number of carboxylic acid groups (broad SMARTS) is 1. The second kappa shape index (κ2) is 9.95. The van der Waals surface area contributed by atoms with E-state index >= 15 is 0 Å². The molecule has 3 aromatic heterocycles. The van der Waals surface area contributed by atoms with Crippen LogP contribution in [-0.2, 0) is 13.0 Å². The maximum absolute atomic E-state index is 11.5. The third kappa shape index (κ3) is 4.75. The second-order valence-electron chi connectivity index (χ2n) is 9.36. The number of carbonyl (C=O) groups is 1. The summed E-state index contributed by atoms with van der Waals surface area (Å²) in [5.74, 6) is 1.61. The van der Waals surface area contributed by atoms with Crippen LogP contribution in [0.5, 0.6) is 0 Å². The van der Waals surface area contributed by atoms with Crippen molar-refractivity contribution in [3.63, 3.8) is 0 Å². The summed E-state index contributed by atoms with van der Waals surface area (Å²) < 4.78 is 0. The van der Waals surface area contributed by atoms with E-state index in [9.17, 15) is 15.0 Å². The van der Waals surface area contributed by atoms with Gasteiger partial charge in [0.05, 0.1) is 11.8 Å². The first-order valence-corrected chi connectivity index (χ1v) is 13.2. The third-order valence-electron chi connectivity index (χ3n) is 6.80. The van der Waals surface area contributed by atoms with Gasteiger partial charge >= 0.3 is 5.97 Å². The number of tetrazole rings is 1. The molecule has 0 spiro atoms. The second-order valence-corrected chi connectivity index (χ2v) is 10.4. The Hall–Kier alpha value is -4.17. The van der Waals surface area contributed by atoms with Crippen LogP contribution in [0.4, 0.5) is 22.7 Å². The van der Waals surface area contributed by atoms with Crippen LogP contribution in [-0.4, -0.2) is 77.5 Å². The Morgan fingerprint density at radius 1 is 1.13 bits per heavy atom. The number of aromatic nitrogens is 7. The number of aliphatic hydroxyl groups is 1. The molecule has 4 N–H and O–H groups in total. The molecule has 0 amide bonds. The van der Waals surface area contributed by atoms with E-state index in [1.54, 1.807) is 6.92 Å². The predicted octanol–water partition coefficient (Wildman–Crippen LogP) is 2.39. The molecule has 4 aromatic rings. The zero-order valence-electron chi connectivity index (χ0n) is 20.6. The van der Waals surface area contributed by atoms with Crippen LogP contribution in [0.3, 0.4) is 0 Å². The lowest BCUT2D eigenvalue weighted by atomic mass is 10.1. The van der Waals surface area contributed by atoms with E-state index < -0.39 is 5.97 Å². The first-order valence-electron chi connectivity index (χ1n) is 12.3. The first-order chi connectivity index (χ1) is 18.4. The number of nitrogens with zero attached hydrogens (tertiary/aromatic N) is 8.